The van der Waals surface area contributed by atoms with Gasteiger partial charge in [0.2, 0.25) is 5.91 Å². The number of hydrogen-bond acceptors (Lipinski definition) is 5. The number of aromatic nitrogens is 2. The monoisotopic (exact) mass is 350 g/mol. The smallest absolute Gasteiger partial charge is 0.298 e. The zero-order chi connectivity index (χ0) is 17.9. The lowest BCUT2D eigenvalue weighted by atomic mass is 9.95. The van der Waals surface area contributed by atoms with E-state index in [1.165, 1.54) is 0 Å². The largest absolute Gasteiger partial charge is 0.423 e. The average Bonchev–Trinajstić information content (AvgIpc) is 3.12. The molecule has 3 heterocycles. The zero-order valence-electron chi connectivity index (χ0n) is 14.8. The summed E-state index contributed by atoms with van der Waals surface area (Å²) >= 11 is 0. The van der Waals surface area contributed by atoms with Crippen LogP contribution in [0.3, 0.4) is 0 Å². The fraction of sp³-hybridized carbons (Fsp3) is 0.350. The summed E-state index contributed by atoms with van der Waals surface area (Å²) in [5.41, 5.74) is 2.72. The van der Waals surface area contributed by atoms with Gasteiger partial charge in [-0.15, -0.1) is 0 Å². The van der Waals surface area contributed by atoms with Crippen molar-refractivity contribution in [1.82, 2.24) is 14.9 Å². The van der Waals surface area contributed by atoms with E-state index in [2.05, 4.69) is 14.9 Å². The van der Waals surface area contributed by atoms with Crippen LogP contribution in [0.25, 0.3) is 11.1 Å². The molecule has 134 valence electrons. The lowest BCUT2D eigenvalue weighted by Crippen LogP contribution is -2.41. The van der Waals surface area contributed by atoms with Gasteiger partial charge in [-0.05, 0) is 36.6 Å². The number of hydrogen-bond donors (Lipinski definition) is 0. The number of piperidine rings is 1. The molecule has 0 N–H and O–H groups in total. The number of para-hydroxylation sites is 2. The van der Waals surface area contributed by atoms with Crippen LogP contribution in [0.4, 0.5) is 6.01 Å². The van der Waals surface area contributed by atoms with E-state index in [1.54, 1.807) is 17.3 Å². The fourth-order valence-corrected chi connectivity index (χ4v) is 3.47. The molecule has 1 amide bonds. The summed E-state index contributed by atoms with van der Waals surface area (Å²) in [4.78, 5) is 25.3. The Morgan fingerprint density at radius 3 is 2.77 bits per heavy atom. The second-order valence-electron chi connectivity index (χ2n) is 6.78. The molecule has 0 bridgehead atoms. The average molecular weight is 350 g/mol. The van der Waals surface area contributed by atoms with Crippen LogP contribution in [0.2, 0.25) is 0 Å². The predicted octanol–water partition coefficient (Wildman–Crippen LogP) is 3.10. The van der Waals surface area contributed by atoms with Crippen molar-refractivity contribution >= 4 is 23.0 Å². The van der Waals surface area contributed by atoms with Crippen LogP contribution >= 0.6 is 0 Å². The summed E-state index contributed by atoms with van der Waals surface area (Å²) in [6.45, 7) is 2.16. The van der Waals surface area contributed by atoms with Crippen molar-refractivity contribution in [3.05, 3.63) is 54.4 Å². The highest BCUT2D eigenvalue weighted by atomic mass is 16.4. The first kappa shape index (κ1) is 16.6. The Morgan fingerprint density at radius 2 is 2.04 bits per heavy atom. The van der Waals surface area contributed by atoms with Crippen molar-refractivity contribution in [3.8, 4) is 0 Å². The van der Waals surface area contributed by atoms with E-state index in [9.17, 15) is 4.79 Å². The minimum atomic E-state index is 0.0531. The van der Waals surface area contributed by atoms with E-state index in [0.717, 1.165) is 42.6 Å². The molecular formula is C20H22N4O2. The number of pyridine rings is 1. The topological polar surface area (TPSA) is 62.5 Å². The Bertz CT molecular complexity index is 852. The van der Waals surface area contributed by atoms with Crippen LogP contribution in [0.1, 0.15) is 18.4 Å². The lowest BCUT2D eigenvalue weighted by molar-refractivity contribution is -0.135. The standard InChI is InChI=1S/C20H22N4O2/c1-23(14-15-5-4-10-21-13-15)19(25)16-8-11-24(12-9-16)20-22-17-6-2-3-7-18(17)26-20/h2-7,10,13,16H,8-9,11-12,14H2,1H3. The van der Waals surface area contributed by atoms with Gasteiger partial charge in [-0.2, -0.15) is 4.98 Å². The molecule has 1 saturated heterocycles. The van der Waals surface area contributed by atoms with Gasteiger partial charge in [0.25, 0.3) is 6.01 Å². The molecule has 0 aliphatic carbocycles. The molecule has 0 spiro atoms. The van der Waals surface area contributed by atoms with E-state index in [1.807, 2.05) is 43.4 Å². The van der Waals surface area contributed by atoms with Crippen molar-refractivity contribution < 1.29 is 9.21 Å². The minimum absolute atomic E-state index is 0.0531. The van der Waals surface area contributed by atoms with Gasteiger partial charge in [0.15, 0.2) is 5.58 Å². The number of anilines is 1. The summed E-state index contributed by atoms with van der Waals surface area (Å²) in [6.07, 6.45) is 5.18. The van der Waals surface area contributed by atoms with Crippen LogP contribution in [-0.4, -0.2) is 40.9 Å². The molecule has 2 aromatic heterocycles. The van der Waals surface area contributed by atoms with Gasteiger partial charge < -0.3 is 14.2 Å². The number of carbonyl (C=O) groups excluding carboxylic acids is 1. The van der Waals surface area contributed by atoms with Gasteiger partial charge >= 0.3 is 0 Å². The Hall–Kier alpha value is -2.89. The van der Waals surface area contributed by atoms with Gasteiger partial charge in [-0.3, -0.25) is 9.78 Å². The molecule has 0 atom stereocenters. The quantitative estimate of drug-likeness (QED) is 0.723. The molecule has 0 radical (unpaired) electrons. The zero-order valence-corrected chi connectivity index (χ0v) is 14.8. The maximum absolute atomic E-state index is 12.7. The fourth-order valence-electron chi connectivity index (χ4n) is 3.47. The van der Waals surface area contributed by atoms with Crippen molar-refractivity contribution in [1.29, 1.82) is 0 Å². The molecule has 1 aliphatic heterocycles. The molecule has 1 aromatic carbocycles. The molecule has 6 nitrogen and oxygen atoms in total. The molecule has 0 saturated carbocycles. The Morgan fingerprint density at radius 1 is 1.23 bits per heavy atom. The summed E-state index contributed by atoms with van der Waals surface area (Å²) in [5, 5.41) is 0. The Kier molecular flexibility index (Phi) is 4.56. The number of benzene rings is 1. The summed E-state index contributed by atoms with van der Waals surface area (Å²) in [6, 6.07) is 12.3. The first-order valence-corrected chi connectivity index (χ1v) is 8.95. The summed E-state index contributed by atoms with van der Waals surface area (Å²) in [5.74, 6) is 0.253. The first-order valence-electron chi connectivity index (χ1n) is 8.95. The predicted molar refractivity (Wildman–Crippen MR) is 99.7 cm³/mol. The van der Waals surface area contributed by atoms with Crippen molar-refractivity contribution in [2.24, 2.45) is 5.92 Å². The van der Waals surface area contributed by atoms with Crippen molar-refractivity contribution in [2.75, 3.05) is 25.0 Å². The number of nitrogens with zero attached hydrogens (tertiary/aromatic N) is 4. The molecule has 26 heavy (non-hydrogen) atoms. The highest BCUT2D eigenvalue weighted by Gasteiger charge is 2.29. The van der Waals surface area contributed by atoms with Crippen molar-refractivity contribution in [3.63, 3.8) is 0 Å². The van der Waals surface area contributed by atoms with Crippen LogP contribution in [0, 0.1) is 5.92 Å². The maximum Gasteiger partial charge on any atom is 0.298 e. The van der Waals surface area contributed by atoms with E-state index >= 15 is 0 Å². The van der Waals surface area contributed by atoms with Gasteiger partial charge in [0.05, 0.1) is 0 Å². The van der Waals surface area contributed by atoms with Crippen LogP contribution in [0.5, 0.6) is 0 Å². The third kappa shape index (κ3) is 3.40. The van der Waals surface area contributed by atoms with Gasteiger partial charge in [0, 0.05) is 45.0 Å². The highest BCUT2D eigenvalue weighted by molar-refractivity contribution is 5.79. The summed E-state index contributed by atoms with van der Waals surface area (Å²) in [7, 11) is 1.86. The molecular weight excluding hydrogens is 328 g/mol. The lowest BCUT2D eigenvalue weighted by Gasteiger charge is -2.32. The van der Waals surface area contributed by atoms with E-state index in [0.29, 0.717) is 12.6 Å². The normalized spacial score (nSPS) is 15.3. The van der Waals surface area contributed by atoms with Crippen LogP contribution in [0.15, 0.2) is 53.2 Å². The van der Waals surface area contributed by atoms with Gasteiger partial charge in [-0.25, -0.2) is 0 Å². The third-order valence-electron chi connectivity index (χ3n) is 4.92. The van der Waals surface area contributed by atoms with Gasteiger partial charge in [0.1, 0.15) is 5.52 Å². The van der Waals surface area contributed by atoms with Gasteiger partial charge in [-0.1, -0.05) is 18.2 Å². The Balaban J connectivity index is 1.36. The van der Waals surface area contributed by atoms with Crippen molar-refractivity contribution in [2.45, 2.75) is 19.4 Å². The molecule has 0 unspecified atom stereocenters. The second-order valence-corrected chi connectivity index (χ2v) is 6.78. The van der Waals surface area contributed by atoms with Crippen LogP contribution in [-0.2, 0) is 11.3 Å². The molecule has 1 fully saturated rings. The summed E-state index contributed by atoms with van der Waals surface area (Å²) < 4.78 is 5.84. The number of fused-ring (bicyclic) bond motifs is 1. The first-order chi connectivity index (χ1) is 12.7. The number of rotatable bonds is 4. The van der Waals surface area contributed by atoms with E-state index < -0.39 is 0 Å². The molecule has 3 aromatic rings. The molecule has 6 heteroatoms. The number of oxazole rings is 1. The molecule has 1 aliphatic rings. The number of amides is 1. The Labute approximate surface area is 152 Å². The minimum Gasteiger partial charge on any atom is -0.423 e. The van der Waals surface area contributed by atoms with E-state index in [4.69, 9.17) is 4.42 Å². The third-order valence-corrected chi connectivity index (χ3v) is 4.92. The SMILES string of the molecule is CN(Cc1cccnc1)C(=O)C1CCN(c2nc3ccccc3o2)CC1. The highest BCUT2D eigenvalue weighted by Crippen LogP contribution is 2.27. The number of carbonyl (C=O) groups is 1. The van der Waals surface area contributed by atoms with Crippen LogP contribution < -0.4 is 4.90 Å². The van der Waals surface area contributed by atoms with E-state index in [-0.39, 0.29) is 11.8 Å². The maximum atomic E-state index is 12.7. The molecule has 4 rings (SSSR count). The second kappa shape index (κ2) is 7.15.